The molecule has 1 fully saturated rings. The molecule has 2 nitrogen and oxygen atoms in total. The Balaban J connectivity index is 2.06. The van der Waals surface area contributed by atoms with Gasteiger partial charge in [-0.15, -0.1) is 0 Å². The average molecular weight is 202 g/mol. The third kappa shape index (κ3) is 1.28. The van der Waals surface area contributed by atoms with Crippen LogP contribution in [-0.4, -0.2) is 26.7 Å². The first-order chi connectivity index (χ1) is 7.32. The quantitative estimate of drug-likeness (QED) is 0.689. The molecule has 15 heavy (non-hydrogen) atoms. The number of fused-ring (bicyclic) bond motifs is 2. The number of benzene rings is 1. The van der Waals surface area contributed by atoms with E-state index < -0.39 is 0 Å². The van der Waals surface area contributed by atoms with E-state index in [0.717, 1.165) is 0 Å². The zero-order chi connectivity index (χ0) is 10.3. The molecule has 0 unspecified atom stereocenters. The summed E-state index contributed by atoms with van der Waals surface area (Å²) in [5, 5.41) is 3.46. The highest BCUT2D eigenvalue weighted by atomic mass is 15.1. The van der Waals surface area contributed by atoms with E-state index in [2.05, 4.69) is 41.5 Å². The first-order valence-electron chi connectivity index (χ1n) is 5.83. The maximum absolute atomic E-state index is 3.46. The fourth-order valence-corrected chi connectivity index (χ4v) is 3.21. The fraction of sp³-hybridized carbons (Fsp3) is 0.538. The summed E-state index contributed by atoms with van der Waals surface area (Å²) in [5.41, 5.74) is 3.46. The molecule has 0 radical (unpaired) electrons. The lowest BCUT2D eigenvalue weighted by atomic mass is 9.75. The summed E-state index contributed by atoms with van der Waals surface area (Å²) in [4.78, 5) is 2.42. The van der Waals surface area contributed by atoms with E-state index in [-0.39, 0.29) is 0 Å². The lowest BCUT2D eigenvalue weighted by molar-refractivity contribution is 0.328. The van der Waals surface area contributed by atoms with E-state index in [1.54, 1.807) is 5.56 Å². The molecular formula is C13H18N2. The van der Waals surface area contributed by atoms with Crippen molar-refractivity contribution < 1.29 is 0 Å². The van der Waals surface area contributed by atoms with Gasteiger partial charge in [0.15, 0.2) is 0 Å². The van der Waals surface area contributed by atoms with Gasteiger partial charge in [-0.2, -0.15) is 0 Å². The summed E-state index contributed by atoms with van der Waals surface area (Å²) in [6.45, 7) is 3.54. The molecule has 1 spiro atoms. The molecule has 0 atom stereocenters. The van der Waals surface area contributed by atoms with Crippen molar-refractivity contribution in [2.45, 2.75) is 18.3 Å². The molecule has 0 amide bonds. The summed E-state index contributed by atoms with van der Waals surface area (Å²) in [7, 11) is 2.22. The Morgan fingerprint density at radius 3 is 2.73 bits per heavy atom. The molecule has 0 bridgehead atoms. The maximum atomic E-state index is 3.46. The summed E-state index contributed by atoms with van der Waals surface area (Å²) < 4.78 is 0. The second-order valence-corrected chi connectivity index (χ2v) is 4.90. The van der Waals surface area contributed by atoms with Crippen LogP contribution in [0.4, 0.5) is 5.69 Å². The van der Waals surface area contributed by atoms with Crippen LogP contribution in [0.1, 0.15) is 18.4 Å². The molecule has 1 aromatic rings. The van der Waals surface area contributed by atoms with Gasteiger partial charge in [0.2, 0.25) is 0 Å². The SMILES string of the molecule is CN1CC2(CCNCC2)c2ccccc21. The first-order valence-corrected chi connectivity index (χ1v) is 5.83. The zero-order valence-electron chi connectivity index (χ0n) is 9.29. The van der Waals surface area contributed by atoms with Gasteiger partial charge in [0.1, 0.15) is 0 Å². The molecule has 1 saturated heterocycles. The van der Waals surface area contributed by atoms with Gasteiger partial charge in [-0.1, -0.05) is 18.2 Å². The van der Waals surface area contributed by atoms with Crippen LogP contribution < -0.4 is 10.2 Å². The third-order valence-corrected chi connectivity index (χ3v) is 3.99. The highest BCUT2D eigenvalue weighted by Crippen LogP contribution is 2.44. The summed E-state index contributed by atoms with van der Waals surface area (Å²) in [6.07, 6.45) is 2.57. The number of likely N-dealkylation sites (N-methyl/N-ethyl adjacent to an activating group) is 1. The predicted octanol–water partition coefficient (Wildman–Crippen LogP) is 1.76. The van der Waals surface area contributed by atoms with Crippen molar-refractivity contribution in [3.05, 3.63) is 29.8 Å². The van der Waals surface area contributed by atoms with E-state index >= 15 is 0 Å². The van der Waals surface area contributed by atoms with Gasteiger partial charge in [0, 0.05) is 24.7 Å². The largest absolute Gasteiger partial charge is 0.373 e. The van der Waals surface area contributed by atoms with Crippen LogP contribution in [0.5, 0.6) is 0 Å². The molecule has 2 aliphatic heterocycles. The van der Waals surface area contributed by atoms with Crippen LogP contribution in [0.15, 0.2) is 24.3 Å². The molecular weight excluding hydrogens is 184 g/mol. The number of nitrogens with one attached hydrogen (secondary N) is 1. The molecule has 1 N–H and O–H groups in total. The molecule has 0 saturated carbocycles. The number of anilines is 1. The van der Waals surface area contributed by atoms with E-state index in [1.165, 1.54) is 38.2 Å². The van der Waals surface area contributed by atoms with Gasteiger partial charge in [0.25, 0.3) is 0 Å². The Morgan fingerprint density at radius 2 is 1.93 bits per heavy atom. The minimum Gasteiger partial charge on any atom is -0.373 e. The van der Waals surface area contributed by atoms with Crippen molar-refractivity contribution >= 4 is 5.69 Å². The van der Waals surface area contributed by atoms with Gasteiger partial charge >= 0.3 is 0 Å². The van der Waals surface area contributed by atoms with E-state index in [9.17, 15) is 0 Å². The standard InChI is InChI=1S/C13H18N2/c1-15-10-13(6-8-14-9-7-13)11-4-2-3-5-12(11)15/h2-5,14H,6-10H2,1H3. The second-order valence-electron chi connectivity index (χ2n) is 4.90. The number of nitrogens with zero attached hydrogens (tertiary/aromatic N) is 1. The Hall–Kier alpha value is -1.02. The number of piperidine rings is 1. The summed E-state index contributed by atoms with van der Waals surface area (Å²) in [6, 6.07) is 8.91. The lowest BCUT2D eigenvalue weighted by Gasteiger charge is -2.34. The monoisotopic (exact) mass is 202 g/mol. The van der Waals surface area contributed by atoms with Crippen molar-refractivity contribution in [3.8, 4) is 0 Å². The Morgan fingerprint density at radius 1 is 1.20 bits per heavy atom. The number of rotatable bonds is 0. The Labute approximate surface area is 91.3 Å². The third-order valence-electron chi connectivity index (χ3n) is 3.99. The molecule has 2 aliphatic rings. The van der Waals surface area contributed by atoms with Gasteiger partial charge in [-0.05, 0) is 37.6 Å². The zero-order valence-corrected chi connectivity index (χ0v) is 9.29. The van der Waals surface area contributed by atoms with E-state index in [0.29, 0.717) is 5.41 Å². The average Bonchev–Trinajstić information content (AvgIpc) is 2.55. The van der Waals surface area contributed by atoms with Gasteiger partial charge in [0.05, 0.1) is 0 Å². The molecule has 3 rings (SSSR count). The van der Waals surface area contributed by atoms with Gasteiger partial charge in [-0.3, -0.25) is 0 Å². The highest BCUT2D eigenvalue weighted by Gasteiger charge is 2.41. The van der Waals surface area contributed by atoms with Crippen LogP contribution >= 0.6 is 0 Å². The van der Waals surface area contributed by atoms with Gasteiger partial charge in [-0.25, -0.2) is 0 Å². The van der Waals surface area contributed by atoms with Crippen LogP contribution in [0.25, 0.3) is 0 Å². The van der Waals surface area contributed by atoms with Crippen LogP contribution in [0.3, 0.4) is 0 Å². The van der Waals surface area contributed by atoms with Crippen molar-refractivity contribution in [2.24, 2.45) is 0 Å². The van der Waals surface area contributed by atoms with Crippen LogP contribution in [0.2, 0.25) is 0 Å². The highest BCUT2D eigenvalue weighted by molar-refractivity contribution is 5.62. The number of hydrogen-bond donors (Lipinski definition) is 1. The maximum Gasteiger partial charge on any atom is 0.0402 e. The molecule has 80 valence electrons. The Bertz CT molecular complexity index is 367. The lowest BCUT2D eigenvalue weighted by Crippen LogP contribution is -2.42. The Kier molecular flexibility index (Phi) is 1.99. The summed E-state index contributed by atoms with van der Waals surface area (Å²) in [5.74, 6) is 0. The van der Waals surface area contributed by atoms with Crippen molar-refractivity contribution in [1.82, 2.24) is 5.32 Å². The van der Waals surface area contributed by atoms with Crippen molar-refractivity contribution in [1.29, 1.82) is 0 Å². The first kappa shape index (κ1) is 9.22. The number of hydrogen-bond acceptors (Lipinski definition) is 2. The molecule has 0 aliphatic carbocycles. The molecule has 2 heteroatoms. The van der Waals surface area contributed by atoms with Crippen LogP contribution in [-0.2, 0) is 5.41 Å². The molecule has 1 aromatic carbocycles. The van der Waals surface area contributed by atoms with Crippen LogP contribution in [0, 0.1) is 0 Å². The van der Waals surface area contributed by atoms with E-state index in [4.69, 9.17) is 0 Å². The van der Waals surface area contributed by atoms with Crippen molar-refractivity contribution in [3.63, 3.8) is 0 Å². The minimum atomic E-state index is 0.441. The predicted molar refractivity (Wildman–Crippen MR) is 63.5 cm³/mol. The normalized spacial score (nSPS) is 23.1. The molecule has 2 heterocycles. The summed E-state index contributed by atoms with van der Waals surface area (Å²) >= 11 is 0. The van der Waals surface area contributed by atoms with Crippen molar-refractivity contribution in [2.75, 3.05) is 31.6 Å². The molecule has 0 aromatic heterocycles. The van der Waals surface area contributed by atoms with E-state index in [1.807, 2.05) is 0 Å². The second kappa shape index (κ2) is 3.24. The number of para-hydroxylation sites is 1. The topological polar surface area (TPSA) is 15.3 Å². The fourth-order valence-electron chi connectivity index (χ4n) is 3.21. The van der Waals surface area contributed by atoms with Gasteiger partial charge < -0.3 is 10.2 Å². The minimum absolute atomic E-state index is 0.441. The smallest absolute Gasteiger partial charge is 0.0402 e.